The molecule has 0 aromatic heterocycles. The number of rotatable bonds is 2. The Morgan fingerprint density at radius 3 is 2.30 bits per heavy atom. The Balaban J connectivity index is 1.87. The fraction of sp³-hybridized carbons (Fsp3) is 0.632. The minimum Gasteiger partial charge on any atom is -0.399 e. The van der Waals surface area contributed by atoms with Gasteiger partial charge in [0.1, 0.15) is 5.82 Å². The molecule has 0 atom stereocenters. The molecule has 2 aliphatic rings. The van der Waals surface area contributed by atoms with Crippen LogP contribution in [0.15, 0.2) is 12.1 Å². The largest absolute Gasteiger partial charge is 0.495 e. The predicted octanol–water partition coefficient (Wildman–Crippen LogP) is 3.30. The van der Waals surface area contributed by atoms with E-state index < -0.39 is 42.5 Å². The standard InChI is InChI=1S/C19H25BF3NO3/c1-12-9-13(16(25)24-8-6-7-19(22,23)11-24)15(21)10-14(12)20-26-17(2,3)18(4,5)27-20/h9-10H,6-8,11H2,1-5H3. The minimum absolute atomic E-state index is 0.200. The molecule has 2 saturated heterocycles. The van der Waals surface area contributed by atoms with E-state index in [4.69, 9.17) is 9.31 Å². The summed E-state index contributed by atoms with van der Waals surface area (Å²) in [5, 5.41) is 0. The number of carbonyl (C=O) groups excluding carboxylic acids is 1. The number of amides is 1. The molecule has 0 aliphatic carbocycles. The molecule has 0 saturated carbocycles. The lowest BCUT2D eigenvalue weighted by atomic mass is 9.75. The van der Waals surface area contributed by atoms with Gasteiger partial charge in [-0.2, -0.15) is 0 Å². The highest BCUT2D eigenvalue weighted by atomic mass is 19.3. The average Bonchev–Trinajstić information content (AvgIpc) is 2.75. The Hall–Kier alpha value is -1.54. The normalized spacial score (nSPS) is 23.6. The lowest BCUT2D eigenvalue weighted by Gasteiger charge is -2.32. The Labute approximate surface area is 158 Å². The number of nitrogens with zero attached hydrogens (tertiary/aromatic N) is 1. The smallest absolute Gasteiger partial charge is 0.399 e. The van der Waals surface area contributed by atoms with Gasteiger partial charge in [0.15, 0.2) is 0 Å². The zero-order valence-corrected chi connectivity index (χ0v) is 16.4. The van der Waals surface area contributed by atoms with Crippen LogP contribution in [0.2, 0.25) is 0 Å². The van der Waals surface area contributed by atoms with Gasteiger partial charge >= 0.3 is 7.12 Å². The van der Waals surface area contributed by atoms with Crippen molar-refractivity contribution in [1.82, 2.24) is 4.90 Å². The van der Waals surface area contributed by atoms with Gasteiger partial charge in [0.05, 0.1) is 23.3 Å². The van der Waals surface area contributed by atoms with Crippen LogP contribution in [-0.4, -0.2) is 48.1 Å². The zero-order chi connectivity index (χ0) is 20.2. The van der Waals surface area contributed by atoms with E-state index in [2.05, 4.69) is 0 Å². The first-order valence-corrected chi connectivity index (χ1v) is 9.16. The molecule has 2 aliphatic heterocycles. The van der Waals surface area contributed by atoms with Gasteiger partial charge < -0.3 is 14.2 Å². The molecule has 1 amide bonds. The number of benzene rings is 1. The second-order valence-corrected chi connectivity index (χ2v) is 8.46. The summed E-state index contributed by atoms with van der Waals surface area (Å²) >= 11 is 0. The number of hydrogen-bond acceptors (Lipinski definition) is 3. The summed E-state index contributed by atoms with van der Waals surface area (Å²) in [7, 11) is -0.757. The van der Waals surface area contributed by atoms with Crippen LogP contribution in [-0.2, 0) is 9.31 Å². The van der Waals surface area contributed by atoms with Crippen LogP contribution in [0.5, 0.6) is 0 Å². The molecule has 0 spiro atoms. The maximum Gasteiger partial charge on any atom is 0.495 e. The predicted molar refractivity (Wildman–Crippen MR) is 96.9 cm³/mol. The number of piperidine rings is 1. The lowest BCUT2D eigenvalue weighted by Crippen LogP contribution is -2.46. The number of alkyl halides is 2. The summed E-state index contributed by atoms with van der Waals surface area (Å²) in [4.78, 5) is 13.6. The maximum absolute atomic E-state index is 14.7. The number of hydrogen-bond donors (Lipinski definition) is 0. The summed E-state index contributed by atoms with van der Waals surface area (Å²) in [6.45, 7) is 8.83. The van der Waals surface area contributed by atoms with E-state index in [0.717, 1.165) is 4.90 Å². The second-order valence-electron chi connectivity index (χ2n) is 8.46. The summed E-state index contributed by atoms with van der Waals surface area (Å²) in [5.41, 5.74) is -0.248. The number of aryl methyl sites for hydroxylation is 1. The summed E-state index contributed by atoms with van der Waals surface area (Å²) in [6.07, 6.45) is -0.0511. The molecule has 3 rings (SSSR count). The monoisotopic (exact) mass is 383 g/mol. The summed E-state index contributed by atoms with van der Waals surface area (Å²) in [6, 6.07) is 2.61. The second kappa shape index (κ2) is 6.52. The van der Waals surface area contributed by atoms with E-state index in [-0.39, 0.29) is 24.9 Å². The molecular formula is C19H25BF3NO3. The van der Waals surface area contributed by atoms with Crippen LogP contribution >= 0.6 is 0 Å². The Morgan fingerprint density at radius 1 is 1.15 bits per heavy atom. The quantitative estimate of drug-likeness (QED) is 0.736. The van der Waals surface area contributed by atoms with E-state index in [1.54, 1.807) is 6.92 Å². The zero-order valence-electron chi connectivity index (χ0n) is 16.4. The van der Waals surface area contributed by atoms with E-state index in [0.29, 0.717) is 11.0 Å². The van der Waals surface area contributed by atoms with Crippen molar-refractivity contribution in [2.75, 3.05) is 13.1 Å². The average molecular weight is 383 g/mol. The fourth-order valence-electron chi connectivity index (χ4n) is 3.39. The van der Waals surface area contributed by atoms with Gasteiger partial charge in [-0.25, -0.2) is 13.2 Å². The highest BCUT2D eigenvalue weighted by molar-refractivity contribution is 6.62. The Bertz CT molecular complexity index is 751. The summed E-state index contributed by atoms with van der Waals surface area (Å²) in [5.74, 6) is -4.40. The molecule has 2 fully saturated rings. The van der Waals surface area contributed by atoms with Gasteiger partial charge in [-0.05, 0) is 58.6 Å². The Morgan fingerprint density at radius 2 is 1.74 bits per heavy atom. The molecule has 0 bridgehead atoms. The third-order valence-electron chi connectivity index (χ3n) is 5.77. The van der Waals surface area contributed by atoms with Crippen LogP contribution in [0, 0.1) is 12.7 Å². The number of likely N-dealkylation sites (tertiary alicyclic amines) is 1. The molecule has 4 nitrogen and oxygen atoms in total. The van der Waals surface area contributed by atoms with Gasteiger partial charge in [0, 0.05) is 13.0 Å². The van der Waals surface area contributed by atoms with Crippen molar-refractivity contribution in [1.29, 1.82) is 0 Å². The van der Waals surface area contributed by atoms with Gasteiger partial charge in [-0.1, -0.05) is 5.56 Å². The van der Waals surface area contributed by atoms with Crippen LogP contribution in [0.4, 0.5) is 13.2 Å². The molecule has 1 aromatic rings. The van der Waals surface area contributed by atoms with Gasteiger partial charge in [0.2, 0.25) is 0 Å². The van der Waals surface area contributed by atoms with Crippen molar-refractivity contribution in [3.63, 3.8) is 0 Å². The topological polar surface area (TPSA) is 38.8 Å². The first kappa shape index (κ1) is 20.2. The first-order chi connectivity index (χ1) is 12.3. The van der Waals surface area contributed by atoms with Crippen molar-refractivity contribution in [3.8, 4) is 0 Å². The van der Waals surface area contributed by atoms with Crippen molar-refractivity contribution < 1.29 is 27.3 Å². The van der Waals surface area contributed by atoms with Crippen LogP contribution in [0.25, 0.3) is 0 Å². The van der Waals surface area contributed by atoms with Crippen LogP contribution in [0.3, 0.4) is 0 Å². The van der Waals surface area contributed by atoms with Gasteiger partial charge in [-0.15, -0.1) is 0 Å². The molecule has 8 heteroatoms. The molecule has 2 heterocycles. The fourth-order valence-corrected chi connectivity index (χ4v) is 3.39. The van der Waals surface area contributed by atoms with Crippen molar-refractivity contribution in [3.05, 3.63) is 29.1 Å². The maximum atomic E-state index is 14.7. The number of carbonyl (C=O) groups is 1. The SMILES string of the molecule is Cc1cc(C(=O)N2CCCC(F)(F)C2)c(F)cc1B1OC(C)(C)C(C)(C)O1. The third-order valence-corrected chi connectivity index (χ3v) is 5.77. The van der Waals surface area contributed by atoms with Crippen LogP contribution < -0.4 is 5.46 Å². The minimum atomic E-state index is -2.93. The molecule has 1 aromatic carbocycles. The van der Waals surface area contributed by atoms with Crippen molar-refractivity contribution >= 4 is 18.5 Å². The molecule has 27 heavy (non-hydrogen) atoms. The molecular weight excluding hydrogens is 358 g/mol. The van der Waals surface area contributed by atoms with Crippen LogP contribution in [0.1, 0.15) is 56.5 Å². The van der Waals surface area contributed by atoms with Crippen molar-refractivity contribution in [2.45, 2.75) is 64.6 Å². The Kier molecular flexibility index (Phi) is 4.88. The molecule has 148 valence electrons. The van der Waals surface area contributed by atoms with E-state index in [1.165, 1.54) is 12.1 Å². The highest BCUT2D eigenvalue weighted by Crippen LogP contribution is 2.37. The van der Waals surface area contributed by atoms with E-state index >= 15 is 0 Å². The molecule has 0 radical (unpaired) electrons. The lowest BCUT2D eigenvalue weighted by molar-refractivity contribution is -0.0561. The third kappa shape index (κ3) is 3.74. The summed E-state index contributed by atoms with van der Waals surface area (Å²) < 4.78 is 53.8. The number of halogens is 3. The van der Waals surface area contributed by atoms with E-state index in [1.807, 2.05) is 27.7 Å². The molecule has 0 unspecified atom stereocenters. The van der Waals surface area contributed by atoms with Gasteiger partial charge in [-0.3, -0.25) is 4.79 Å². The van der Waals surface area contributed by atoms with E-state index in [9.17, 15) is 18.0 Å². The van der Waals surface area contributed by atoms with Crippen molar-refractivity contribution in [2.24, 2.45) is 0 Å². The molecule has 0 N–H and O–H groups in total. The van der Waals surface area contributed by atoms with Gasteiger partial charge in [0.25, 0.3) is 11.8 Å². The highest BCUT2D eigenvalue weighted by Gasteiger charge is 2.52. The first-order valence-electron chi connectivity index (χ1n) is 9.16.